The molecule has 2 aliphatic rings. The van der Waals surface area contributed by atoms with E-state index in [-0.39, 0.29) is 29.4 Å². The molecule has 0 spiro atoms. The largest absolute Gasteiger partial charge is 0.508 e. The van der Waals surface area contributed by atoms with E-state index in [1.807, 2.05) is 13.8 Å². The minimum Gasteiger partial charge on any atom is -0.508 e. The molecular weight excluding hydrogens is 346 g/mol. The minimum absolute atomic E-state index is 0.0167. The highest BCUT2D eigenvalue weighted by atomic mass is 16.3. The van der Waals surface area contributed by atoms with Crippen LogP contribution in [0.5, 0.6) is 5.75 Å². The van der Waals surface area contributed by atoms with Crippen molar-refractivity contribution in [2.75, 3.05) is 32.7 Å². The van der Waals surface area contributed by atoms with Crippen LogP contribution in [0.2, 0.25) is 0 Å². The molecule has 0 aromatic heterocycles. The molecule has 1 atom stereocenters. The number of carbonyl (C=O) groups is 3. The normalized spacial score (nSPS) is 18.9. The van der Waals surface area contributed by atoms with E-state index in [0.29, 0.717) is 44.7 Å². The van der Waals surface area contributed by atoms with E-state index in [4.69, 9.17) is 0 Å². The molecule has 1 aromatic carbocycles. The number of piperazine rings is 1. The first-order chi connectivity index (χ1) is 12.9. The second-order valence-corrected chi connectivity index (χ2v) is 7.54. The summed E-state index contributed by atoms with van der Waals surface area (Å²) >= 11 is 0. The second kappa shape index (κ2) is 7.98. The van der Waals surface area contributed by atoms with Gasteiger partial charge >= 0.3 is 0 Å². The predicted octanol–water partition coefficient (Wildman–Crippen LogP) is 1.32. The minimum atomic E-state index is -0.417. The van der Waals surface area contributed by atoms with Gasteiger partial charge in [-0.25, -0.2) is 0 Å². The van der Waals surface area contributed by atoms with Crippen molar-refractivity contribution in [2.45, 2.75) is 32.7 Å². The Kier molecular flexibility index (Phi) is 5.68. The van der Waals surface area contributed by atoms with E-state index in [9.17, 15) is 19.5 Å². The van der Waals surface area contributed by atoms with Gasteiger partial charge in [-0.15, -0.1) is 0 Å². The summed E-state index contributed by atoms with van der Waals surface area (Å²) < 4.78 is 0. The lowest BCUT2D eigenvalue weighted by atomic mass is 10.0. The number of rotatable bonds is 4. The molecule has 1 unspecified atom stereocenters. The second-order valence-electron chi connectivity index (χ2n) is 7.54. The van der Waals surface area contributed by atoms with Crippen LogP contribution >= 0.6 is 0 Å². The fraction of sp³-hybridized carbons (Fsp3) is 0.550. The van der Waals surface area contributed by atoms with Crippen molar-refractivity contribution in [3.05, 3.63) is 29.8 Å². The van der Waals surface area contributed by atoms with Crippen LogP contribution < -0.4 is 0 Å². The Morgan fingerprint density at radius 1 is 0.963 bits per heavy atom. The highest BCUT2D eigenvalue weighted by Crippen LogP contribution is 2.22. The van der Waals surface area contributed by atoms with Gasteiger partial charge in [-0.2, -0.15) is 0 Å². The van der Waals surface area contributed by atoms with Crippen molar-refractivity contribution in [1.29, 1.82) is 0 Å². The van der Waals surface area contributed by atoms with E-state index in [2.05, 4.69) is 0 Å². The van der Waals surface area contributed by atoms with Crippen molar-refractivity contribution in [2.24, 2.45) is 5.92 Å². The SMILES string of the molecule is CC(C)C(C(=O)N1CCN(C(=O)c2ccc(O)cc2)CC1)N1CCCC1=O. The van der Waals surface area contributed by atoms with Crippen molar-refractivity contribution >= 4 is 17.7 Å². The zero-order valence-corrected chi connectivity index (χ0v) is 15.9. The van der Waals surface area contributed by atoms with Crippen LogP contribution in [0.3, 0.4) is 0 Å². The average molecular weight is 373 g/mol. The number of carbonyl (C=O) groups excluding carboxylic acids is 3. The molecule has 3 rings (SSSR count). The third kappa shape index (κ3) is 4.07. The van der Waals surface area contributed by atoms with Crippen LogP contribution in [-0.4, -0.2) is 76.3 Å². The van der Waals surface area contributed by atoms with Gasteiger partial charge in [0.05, 0.1) is 0 Å². The molecule has 2 heterocycles. The maximum absolute atomic E-state index is 13.1. The number of nitrogens with zero attached hydrogens (tertiary/aromatic N) is 3. The molecular formula is C20H27N3O4. The molecule has 7 heteroatoms. The number of phenols is 1. The van der Waals surface area contributed by atoms with E-state index < -0.39 is 6.04 Å². The zero-order chi connectivity index (χ0) is 19.6. The van der Waals surface area contributed by atoms with Crippen LogP contribution in [0.1, 0.15) is 37.0 Å². The topological polar surface area (TPSA) is 81.2 Å². The monoisotopic (exact) mass is 373 g/mol. The first-order valence-corrected chi connectivity index (χ1v) is 9.55. The van der Waals surface area contributed by atoms with E-state index in [0.717, 1.165) is 6.42 Å². The summed E-state index contributed by atoms with van der Waals surface area (Å²) in [5.41, 5.74) is 0.523. The van der Waals surface area contributed by atoms with Gasteiger partial charge in [-0.3, -0.25) is 14.4 Å². The molecule has 1 aromatic rings. The molecule has 7 nitrogen and oxygen atoms in total. The quantitative estimate of drug-likeness (QED) is 0.863. The van der Waals surface area contributed by atoms with E-state index in [1.165, 1.54) is 12.1 Å². The Morgan fingerprint density at radius 3 is 2.07 bits per heavy atom. The molecule has 0 radical (unpaired) electrons. The van der Waals surface area contributed by atoms with Gasteiger partial charge < -0.3 is 19.8 Å². The Morgan fingerprint density at radius 2 is 1.56 bits per heavy atom. The lowest BCUT2D eigenvalue weighted by molar-refractivity contribution is -0.146. The average Bonchev–Trinajstić information content (AvgIpc) is 3.07. The van der Waals surface area contributed by atoms with Crippen LogP contribution in [0.4, 0.5) is 0 Å². The van der Waals surface area contributed by atoms with Gasteiger partial charge in [0.15, 0.2) is 0 Å². The first-order valence-electron chi connectivity index (χ1n) is 9.55. The molecule has 2 fully saturated rings. The fourth-order valence-electron chi connectivity index (χ4n) is 3.85. The third-order valence-electron chi connectivity index (χ3n) is 5.32. The maximum Gasteiger partial charge on any atom is 0.253 e. The first kappa shape index (κ1) is 19.2. The molecule has 27 heavy (non-hydrogen) atoms. The Bertz CT molecular complexity index is 708. The van der Waals surface area contributed by atoms with Crippen LogP contribution in [-0.2, 0) is 9.59 Å². The highest BCUT2D eigenvalue weighted by Gasteiger charge is 2.38. The number of benzene rings is 1. The third-order valence-corrected chi connectivity index (χ3v) is 5.32. The number of likely N-dealkylation sites (tertiary alicyclic amines) is 1. The number of hydrogen-bond donors (Lipinski definition) is 1. The summed E-state index contributed by atoms with van der Waals surface area (Å²) in [6, 6.07) is 5.77. The Labute approximate surface area is 159 Å². The van der Waals surface area contributed by atoms with E-state index in [1.54, 1.807) is 26.8 Å². The van der Waals surface area contributed by atoms with Crippen molar-refractivity contribution in [3.8, 4) is 5.75 Å². The smallest absolute Gasteiger partial charge is 0.253 e. The fourth-order valence-corrected chi connectivity index (χ4v) is 3.85. The van der Waals surface area contributed by atoms with Crippen LogP contribution in [0.25, 0.3) is 0 Å². The van der Waals surface area contributed by atoms with Crippen molar-refractivity contribution in [3.63, 3.8) is 0 Å². The summed E-state index contributed by atoms with van der Waals surface area (Å²) in [6.45, 7) is 6.44. The maximum atomic E-state index is 13.1. The van der Waals surface area contributed by atoms with Crippen LogP contribution in [0.15, 0.2) is 24.3 Å². The molecule has 0 bridgehead atoms. The summed E-state index contributed by atoms with van der Waals surface area (Å²) in [6.07, 6.45) is 1.33. The van der Waals surface area contributed by atoms with Gasteiger partial charge in [0.2, 0.25) is 11.8 Å². The summed E-state index contributed by atoms with van der Waals surface area (Å²) in [5.74, 6) is 0.117. The molecule has 0 aliphatic carbocycles. The Hall–Kier alpha value is -2.57. The van der Waals surface area contributed by atoms with Crippen LogP contribution in [0, 0.1) is 5.92 Å². The zero-order valence-electron chi connectivity index (χ0n) is 15.9. The van der Waals surface area contributed by atoms with Gasteiger partial charge in [-0.05, 0) is 36.6 Å². The number of aromatic hydroxyl groups is 1. The molecule has 3 amide bonds. The number of phenolic OH excluding ortho intramolecular Hbond substituents is 1. The standard InChI is InChI=1S/C20H27N3O4/c1-14(2)18(23-9-3-4-17(23)25)20(27)22-12-10-21(11-13-22)19(26)15-5-7-16(24)8-6-15/h5-8,14,18,24H,3-4,9-13H2,1-2H3. The Balaban J connectivity index is 1.62. The lowest BCUT2D eigenvalue weighted by Crippen LogP contribution is -2.57. The van der Waals surface area contributed by atoms with Gasteiger partial charge in [0.1, 0.15) is 11.8 Å². The summed E-state index contributed by atoms with van der Waals surface area (Å²) in [7, 11) is 0. The molecule has 146 valence electrons. The lowest BCUT2D eigenvalue weighted by Gasteiger charge is -2.39. The summed E-state index contributed by atoms with van der Waals surface area (Å²) in [5, 5.41) is 9.35. The molecule has 1 N–H and O–H groups in total. The van der Waals surface area contributed by atoms with Crippen molar-refractivity contribution < 1.29 is 19.5 Å². The number of hydrogen-bond acceptors (Lipinski definition) is 4. The van der Waals surface area contributed by atoms with Gasteiger partial charge in [0.25, 0.3) is 5.91 Å². The van der Waals surface area contributed by atoms with Crippen molar-refractivity contribution in [1.82, 2.24) is 14.7 Å². The highest BCUT2D eigenvalue weighted by molar-refractivity contribution is 5.94. The van der Waals surface area contributed by atoms with E-state index >= 15 is 0 Å². The molecule has 0 saturated carbocycles. The molecule has 2 saturated heterocycles. The van der Waals surface area contributed by atoms with Gasteiger partial charge in [0, 0.05) is 44.7 Å². The molecule has 2 aliphatic heterocycles. The summed E-state index contributed by atoms with van der Waals surface area (Å²) in [4.78, 5) is 43.0. The number of amides is 3. The predicted molar refractivity (Wildman–Crippen MR) is 100 cm³/mol. The van der Waals surface area contributed by atoms with Gasteiger partial charge in [-0.1, -0.05) is 13.8 Å².